The van der Waals surface area contributed by atoms with Gasteiger partial charge < -0.3 is 15.4 Å². The maximum Gasteiger partial charge on any atom is 0.387 e. The third-order valence-corrected chi connectivity index (χ3v) is 3.35. The standard InChI is InChI=1S/C14H18F2N2O2/c15-14(16)20-12-4-1-10(2-5-12)3-6-13(19)18-8-7-11(17)9-18/h1-2,4-5,11,14H,3,6-9,17H2/t11-/m1/s1. The first kappa shape index (κ1) is 14.7. The summed E-state index contributed by atoms with van der Waals surface area (Å²) >= 11 is 0. The molecule has 1 heterocycles. The van der Waals surface area contributed by atoms with Crippen molar-refractivity contribution in [2.75, 3.05) is 13.1 Å². The van der Waals surface area contributed by atoms with Gasteiger partial charge in [-0.1, -0.05) is 12.1 Å². The molecule has 1 saturated heterocycles. The molecule has 4 nitrogen and oxygen atoms in total. The molecule has 2 rings (SSSR count). The summed E-state index contributed by atoms with van der Waals surface area (Å²) in [6.45, 7) is -1.47. The van der Waals surface area contributed by atoms with Crippen molar-refractivity contribution in [2.45, 2.75) is 31.9 Å². The van der Waals surface area contributed by atoms with E-state index in [0.29, 0.717) is 19.4 Å². The fraction of sp³-hybridized carbons (Fsp3) is 0.500. The van der Waals surface area contributed by atoms with Crippen molar-refractivity contribution >= 4 is 5.91 Å². The molecule has 0 spiro atoms. The van der Waals surface area contributed by atoms with Crippen molar-refractivity contribution in [3.63, 3.8) is 0 Å². The molecule has 0 aromatic heterocycles. The Morgan fingerprint density at radius 1 is 1.40 bits per heavy atom. The highest BCUT2D eigenvalue weighted by Crippen LogP contribution is 2.16. The van der Waals surface area contributed by atoms with Gasteiger partial charge in [0, 0.05) is 25.6 Å². The first-order chi connectivity index (χ1) is 9.54. The van der Waals surface area contributed by atoms with Gasteiger partial charge in [0.2, 0.25) is 5.91 Å². The molecular formula is C14H18F2N2O2. The summed E-state index contributed by atoms with van der Waals surface area (Å²) in [5.74, 6) is 0.214. The molecule has 1 amide bonds. The minimum absolute atomic E-state index is 0.0877. The summed E-state index contributed by atoms with van der Waals surface area (Å²) in [7, 11) is 0. The second-order valence-electron chi connectivity index (χ2n) is 4.91. The molecule has 1 aliphatic rings. The lowest BCUT2D eigenvalue weighted by molar-refractivity contribution is -0.130. The van der Waals surface area contributed by atoms with E-state index >= 15 is 0 Å². The number of nitrogens with two attached hydrogens (primary N) is 1. The maximum atomic E-state index is 12.0. The zero-order valence-electron chi connectivity index (χ0n) is 11.1. The van der Waals surface area contributed by atoms with E-state index in [1.165, 1.54) is 12.1 Å². The van der Waals surface area contributed by atoms with Crippen LogP contribution in [0, 0.1) is 0 Å². The first-order valence-corrected chi connectivity index (χ1v) is 6.61. The van der Waals surface area contributed by atoms with Crippen molar-refractivity contribution in [1.82, 2.24) is 4.90 Å². The third-order valence-electron chi connectivity index (χ3n) is 3.35. The first-order valence-electron chi connectivity index (χ1n) is 6.61. The van der Waals surface area contributed by atoms with Gasteiger partial charge >= 0.3 is 6.61 Å². The number of carbonyl (C=O) groups excluding carboxylic acids is 1. The van der Waals surface area contributed by atoms with Gasteiger partial charge in [0.1, 0.15) is 5.75 Å². The smallest absolute Gasteiger partial charge is 0.387 e. The number of likely N-dealkylation sites (tertiary alicyclic amines) is 1. The lowest BCUT2D eigenvalue weighted by Gasteiger charge is -2.15. The van der Waals surface area contributed by atoms with Gasteiger partial charge in [-0.05, 0) is 30.5 Å². The van der Waals surface area contributed by atoms with Gasteiger partial charge in [-0.2, -0.15) is 8.78 Å². The lowest BCUT2D eigenvalue weighted by atomic mass is 10.1. The van der Waals surface area contributed by atoms with E-state index in [9.17, 15) is 13.6 Å². The van der Waals surface area contributed by atoms with Crippen LogP contribution in [-0.2, 0) is 11.2 Å². The SMILES string of the molecule is N[C@@H]1CCN(C(=O)CCc2ccc(OC(F)F)cc2)C1. The summed E-state index contributed by atoms with van der Waals surface area (Å²) < 4.78 is 28.3. The third kappa shape index (κ3) is 4.16. The van der Waals surface area contributed by atoms with Gasteiger partial charge in [0.05, 0.1) is 0 Å². The number of halogens is 2. The molecule has 1 fully saturated rings. The molecule has 0 saturated carbocycles. The van der Waals surface area contributed by atoms with Crippen molar-refractivity contribution in [3.05, 3.63) is 29.8 Å². The maximum absolute atomic E-state index is 12.0. The molecule has 2 N–H and O–H groups in total. The molecule has 0 radical (unpaired) electrons. The number of alkyl halides is 2. The number of hydrogen-bond donors (Lipinski definition) is 1. The Labute approximate surface area is 116 Å². The van der Waals surface area contributed by atoms with Crippen molar-refractivity contribution in [1.29, 1.82) is 0 Å². The topological polar surface area (TPSA) is 55.6 Å². The highest BCUT2D eigenvalue weighted by Gasteiger charge is 2.22. The van der Waals surface area contributed by atoms with E-state index in [1.807, 2.05) is 0 Å². The van der Waals surface area contributed by atoms with E-state index in [4.69, 9.17) is 5.73 Å². The van der Waals surface area contributed by atoms with Gasteiger partial charge in [-0.3, -0.25) is 4.79 Å². The summed E-state index contributed by atoms with van der Waals surface area (Å²) in [6, 6.07) is 6.45. The normalized spacial score (nSPS) is 18.6. The largest absolute Gasteiger partial charge is 0.435 e. The number of rotatable bonds is 5. The Bertz CT molecular complexity index is 451. The van der Waals surface area contributed by atoms with Crippen LogP contribution < -0.4 is 10.5 Å². The van der Waals surface area contributed by atoms with E-state index in [2.05, 4.69) is 4.74 Å². The van der Waals surface area contributed by atoms with E-state index < -0.39 is 6.61 Å². The van der Waals surface area contributed by atoms with Gasteiger partial charge in [0.15, 0.2) is 0 Å². The molecular weight excluding hydrogens is 266 g/mol. The van der Waals surface area contributed by atoms with Crippen LogP contribution in [0.25, 0.3) is 0 Å². The lowest BCUT2D eigenvalue weighted by Crippen LogP contribution is -2.31. The highest BCUT2D eigenvalue weighted by atomic mass is 19.3. The molecule has 20 heavy (non-hydrogen) atoms. The number of nitrogens with zero attached hydrogens (tertiary/aromatic N) is 1. The van der Waals surface area contributed by atoms with Crippen LogP contribution in [0.15, 0.2) is 24.3 Å². The molecule has 6 heteroatoms. The minimum Gasteiger partial charge on any atom is -0.435 e. The van der Waals surface area contributed by atoms with Crippen LogP contribution in [-0.4, -0.2) is 36.5 Å². The van der Waals surface area contributed by atoms with Crippen LogP contribution in [0.5, 0.6) is 5.75 Å². The number of amides is 1. The molecule has 1 aromatic carbocycles. The average molecular weight is 284 g/mol. The Hall–Kier alpha value is -1.69. The van der Waals surface area contributed by atoms with Crippen molar-refractivity contribution < 1.29 is 18.3 Å². The van der Waals surface area contributed by atoms with E-state index in [0.717, 1.165) is 18.5 Å². The second-order valence-corrected chi connectivity index (χ2v) is 4.91. The predicted molar refractivity (Wildman–Crippen MR) is 70.6 cm³/mol. The number of benzene rings is 1. The van der Waals surface area contributed by atoms with Crippen molar-refractivity contribution in [2.24, 2.45) is 5.73 Å². The molecule has 0 bridgehead atoms. The fourth-order valence-corrected chi connectivity index (χ4v) is 2.26. The Morgan fingerprint density at radius 2 is 2.10 bits per heavy atom. The molecule has 0 aliphatic carbocycles. The number of hydrogen-bond acceptors (Lipinski definition) is 3. The zero-order valence-corrected chi connectivity index (χ0v) is 11.1. The van der Waals surface area contributed by atoms with Crippen LogP contribution in [0.4, 0.5) is 8.78 Å². The minimum atomic E-state index is -2.82. The monoisotopic (exact) mass is 284 g/mol. The van der Waals surface area contributed by atoms with Gasteiger partial charge in [0.25, 0.3) is 0 Å². The highest BCUT2D eigenvalue weighted by molar-refractivity contribution is 5.76. The molecule has 1 aliphatic heterocycles. The second kappa shape index (κ2) is 6.65. The molecule has 110 valence electrons. The van der Waals surface area contributed by atoms with E-state index in [1.54, 1.807) is 17.0 Å². The fourth-order valence-electron chi connectivity index (χ4n) is 2.26. The Kier molecular flexibility index (Phi) is 4.89. The van der Waals surface area contributed by atoms with Crippen LogP contribution in [0.3, 0.4) is 0 Å². The number of carbonyl (C=O) groups is 1. The predicted octanol–water partition coefficient (Wildman–Crippen LogP) is 1.78. The van der Waals surface area contributed by atoms with Crippen LogP contribution in [0.1, 0.15) is 18.4 Å². The average Bonchev–Trinajstić information content (AvgIpc) is 2.84. The summed E-state index contributed by atoms with van der Waals surface area (Å²) in [4.78, 5) is 13.7. The summed E-state index contributed by atoms with van der Waals surface area (Å²) in [5, 5.41) is 0. The zero-order chi connectivity index (χ0) is 14.5. The quantitative estimate of drug-likeness (QED) is 0.896. The number of ether oxygens (including phenoxy) is 1. The van der Waals surface area contributed by atoms with Crippen molar-refractivity contribution in [3.8, 4) is 5.75 Å². The van der Waals surface area contributed by atoms with E-state index in [-0.39, 0.29) is 17.7 Å². The molecule has 1 atom stereocenters. The number of aryl methyl sites for hydroxylation is 1. The van der Waals surface area contributed by atoms with Crippen LogP contribution >= 0.6 is 0 Å². The van der Waals surface area contributed by atoms with Gasteiger partial charge in [-0.25, -0.2) is 0 Å². The van der Waals surface area contributed by atoms with Gasteiger partial charge in [-0.15, -0.1) is 0 Å². The molecule has 0 unspecified atom stereocenters. The Morgan fingerprint density at radius 3 is 2.65 bits per heavy atom. The molecule has 1 aromatic rings. The van der Waals surface area contributed by atoms with Crippen LogP contribution in [0.2, 0.25) is 0 Å². The Balaban J connectivity index is 1.80. The summed E-state index contributed by atoms with van der Waals surface area (Å²) in [5.41, 5.74) is 6.68. The summed E-state index contributed by atoms with van der Waals surface area (Å²) in [6.07, 6.45) is 1.84.